The van der Waals surface area contributed by atoms with Crippen LogP contribution in [0.25, 0.3) is 6.08 Å². The third kappa shape index (κ3) is 4.84. The largest absolute Gasteiger partial charge is 0.482 e. The molecule has 0 heterocycles. The quantitative estimate of drug-likeness (QED) is 0.621. The van der Waals surface area contributed by atoms with E-state index in [0.717, 1.165) is 0 Å². The van der Waals surface area contributed by atoms with Gasteiger partial charge in [-0.3, -0.25) is 4.79 Å². The van der Waals surface area contributed by atoms with Crippen molar-refractivity contribution in [2.45, 2.75) is 0 Å². The lowest BCUT2D eigenvalue weighted by molar-refractivity contribution is -0.139. The van der Waals surface area contributed by atoms with E-state index < -0.39 is 12.6 Å². The van der Waals surface area contributed by atoms with Gasteiger partial charge in [0.2, 0.25) is 0 Å². The summed E-state index contributed by atoms with van der Waals surface area (Å²) >= 11 is 12.0. The molecule has 0 unspecified atom stereocenters. The maximum atomic E-state index is 12.1. The van der Waals surface area contributed by atoms with E-state index in [2.05, 4.69) is 0 Å². The van der Waals surface area contributed by atoms with E-state index >= 15 is 0 Å². The van der Waals surface area contributed by atoms with Crippen LogP contribution >= 0.6 is 23.2 Å². The van der Waals surface area contributed by atoms with Crippen LogP contribution in [0.1, 0.15) is 15.9 Å². The molecule has 118 valence electrons. The Bertz CT molecular complexity index is 752. The number of carboxylic acid groups (broad SMARTS) is 1. The number of ether oxygens (including phenoxy) is 1. The molecule has 1 N–H and O–H groups in total. The van der Waals surface area contributed by atoms with Crippen molar-refractivity contribution in [1.82, 2.24) is 0 Å². The summed E-state index contributed by atoms with van der Waals surface area (Å²) < 4.78 is 5.00. The highest BCUT2D eigenvalue weighted by atomic mass is 35.5. The predicted molar refractivity (Wildman–Crippen MR) is 89.4 cm³/mol. The molecule has 0 aliphatic rings. The molecule has 0 aliphatic heterocycles. The summed E-state index contributed by atoms with van der Waals surface area (Å²) in [7, 11) is 0. The standard InChI is InChI=1S/C17H12Cl2O4/c18-14-3-1-2-12(17(14)19)6-9-15(20)11-4-7-13(8-5-11)23-10-16(21)22/h1-9H,10H2,(H,21,22)/b9-6+. The SMILES string of the molecule is O=C(O)COc1ccc(C(=O)/C=C/c2cccc(Cl)c2Cl)cc1. The first-order valence-corrected chi connectivity index (χ1v) is 7.34. The number of hydrogen-bond donors (Lipinski definition) is 1. The molecule has 0 atom stereocenters. The van der Waals surface area contributed by atoms with Gasteiger partial charge in [-0.25, -0.2) is 4.79 Å². The summed E-state index contributed by atoms with van der Waals surface area (Å²) in [6.07, 6.45) is 2.98. The van der Waals surface area contributed by atoms with Gasteiger partial charge in [-0.05, 0) is 48.0 Å². The van der Waals surface area contributed by atoms with Crippen LogP contribution in [0.15, 0.2) is 48.5 Å². The third-order valence-electron chi connectivity index (χ3n) is 2.90. The Kier molecular flexibility index (Phi) is 5.79. The topological polar surface area (TPSA) is 63.6 Å². The molecule has 0 bridgehead atoms. The Morgan fingerprint density at radius 3 is 2.43 bits per heavy atom. The molecule has 0 aromatic heterocycles. The van der Waals surface area contributed by atoms with Crippen molar-refractivity contribution >= 4 is 41.0 Å². The van der Waals surface area contributed by atoms with E-state index in [-0.39, 0.29) is 5.78 Å². The first-order valence-electron chi connectivity index (χ1n) is 6.58. The number of benzene rings is 2. The highest BCUT2D eigenvalue weighted by Gasteiger charge is 2.05. The molecule has 2 aromatic rings. The average molecular weight is 351 g/mol. The molecule has 0 spiro atoms. The summed E-state index contributed by atoms with van der Waals surface area (Å²) in [5.74, 6) is -0.900. The summed E-state index contributed by atoms with van der Waals surface area (Å²) in [4.78, 5) is 22.5. The van der Waals surface area contributed by atoms with Gasteiger partial charge in [-0.2, -0.15) is 0 Å². The summed E-state index contributed by atoms with van der Waals surface area (Å²) in [6, 6.07) is 11.4. The summed E-state index contributed by atoms with van der Waals surface area (Å²) in [6.45, 7) is -0.430. The van der Waals surface area contributed by atoms with Crippen molar-refractivity contribution in [3.63, 3.8) is 0 Å². The van der Waals surface area contributed by atoms with Crippen LogP contribution in [0.2, 0.25) is 10.0 Å². The molecule has 0 saturated carbocycles. The number of aliphatic carboxylic acids is 1. The van der Waals surface area contributed by atoms with Crippen LogP contribution < -0.4 is 4.74 Å². The van der Waals surface area contributed by atoms with Crippen LogP contribution in [-0.2, 0) is 4.79 Å². The van der Waals surface area contributed by atoms with Crippen LogP contribution in [-0.4, -0.2) is 23.5 Å². The average Bonchev–Trinajstić information content (AvgIpc) is 2.54. The minimum absolute atomic E-state index is 0.217. The number of carbonyl (C=O) groups excluding carboxylic acids is 1. The molecule has 0 fully saturated rings. The van der Waals surface area contributed by atoms with Gasteiger partial charge in [-0.1, -0.05) is 35.3 Å². The number of rotatable bonds is 6. The Morgan fingerprint density at radius 2 is 1.78 bits per heavy atom. The second kappa shape index (κ2) is 7.81. The van der Waals surface area contributed by atoms with Gasteiger partial charge in [0.1, 0.15) is 5.75 Å². The van der Waals surface area contributed by atoms with E-state index in [0.29, 0.717) is 26.9 Å². The molecule has 0 radical (unpaired) electrons. The molecular formula is C17H12Cl2O4. The summed E-state index contributed by atoms with van der Waals surface area (Å²) in [5, 5.41) is 9.33. The molecule has 4 nitrogen and oxygen atoms in total. The zero-order valence-electron chi connectivity index (χ0n) is 11.8. The Hall–Kier alpha value is -2.30. The van der Waals surface area contributed by atoms with Crippen LogP contribution in [0.3, 0.4) is 0 Å². The maximum Gasteiger partial charge on any atom is 0.341 e. The maximum absolute atomic E-state index is 12.1. The van der Waals surface area contributed by atoms with Crippen molar-refractivity contribution in [2.75, 3.05) is 6.61 Å². The molecule has 2 rings (SSSR count). The van der Waals surface area contributed by atoms with Gasteiger partial charge in [0.15, 0.2) is 12.4 Å². The monoisotopic (exact) mass is 350 g/mol. The highest BCUT2D eigenvalue weighted by molar-refractivity contribution is 6.42. The van der Waals surface area contributed by atoms with Crippen LogP contribution in [0.4, 0.5) is 0 Å². The zero-order chi connectivity index (χ0) is 16.8. The van der Waals surface area contributed by atoms with Crippen LogP contribution in [0.5, 0.6) is 5.75 Å². The third-order valence-corrected chi connectivity index (χ3v) is 3.73. The van der Waals surface area contributed by atoms with E-state index in [1.54, 1.807) is 36.4 Å². The molecule has 0 saturated heterocycles. The molecule has 23 heavy (non-hydrogen) atoms. The first kappa shape index (κ1) is 17.1. The normalized spacial score (nSPS) is 10.7. The van der Waals surface area contributed by atoms with Gasteiger partial charge in [0, 0.05) is 5.56 Å². The van der Waals surface area contributed by atoms with E-state index in [1.807, 2.05) is 0 Å². The Morgan fingerprint density at radius 1 is 1.09 bits per heavy atom. The highest BCUT2D eigenvalue weighted by Crippen LogP contribution is 2.26. The van der Waals surface area contributed by atoms with E-state index in [4.69, 9.17) is 33.0 Å². The van der Waals surface area contributed by atoms with Gasteiger partial charge in [0.25, 0.3) is 0 Å². The second-order valence-corrected chi connectivity index (χ2v) is 5.33. The first-order chi connectivity index (χ1) is 11.0. The molecule has 0 amide bonds. The number of carboxylic acids is 1. The smallest absolute Gasteiger partial charge is 0.341 e. The minimum Gasteiger partial charge on any atom is -0.482 e. The van der Waals surface area contributed by atoms with Crippen molar-refractivity contribution < 1.29 is 19.4 Å². The van der Waals surface area contributed by atoms with Crippen molar-refractivity contribution in [2.24, 2.45) is 0 Å². The lowest BCUT2D eigenvalue weighted by Gasteiger charge is -2.03. The minimum atomic E-state index is -1.06. The fraction of sp³-hybridized carbons (Fsp3) is 0.0588. The molecule has 0 aliphatic carbocycles. The van der Waals surface area contributed by atoms with Gasteiger partial charge >= 0.3 is 5.97 Å². The number of allylic oxidation sites excluding steroid dienone is 1. The van der Waals surface area contributed by atoms with Gasteiger partial charge < -0.3 is 9.84 Å². The van der Waals surface area contributed by atoms with Gasteiger partial charge in [-0.15, -0.1) is 0 Å². The number of halogens is 2. The van der Waals surface area contributed by atoms with Crippen molar-refractivity contribution in [3.05, 3.63) is 69.7 Å². The fourth-order valence-electron chi connectivity index (χ4n) is 1.77. The summed E-state index contributed by atoms with van der Waals surface area (Å²) in [5.41, 5.74) is 1.09. The van der Waals surface area contributed by atoms with E-state index in [9.17, 15) is 9.59 Å². The molecular weight excluding hydrogens is 339 g/mol. The fourth-order valence-corrected chi connectivity index (χ4v) is 2.14. The Labute approximate surface area is 142 Å². The Balaban J connectivity index is 2.07. The van der Waals surface area contributed by atoms with Crippen molar-refractivity contribution in [1.29, 1.82) is 0 Å². The second-order valence-electron chi connectivity index (χ2n) is 4.55. The molecule has 2 aromatic carbocycles. The lowest BCUT2D eigenvalue weighted by Crippen LogP contribution is -2.09. The number of hydrogen-bond acceptors (Lipinski definition) is 3. The number of carbonyl (C=O) groups is 2. The predicted octanol–water partition coefficient (Wildman–Crippen LogP) is 4.35. The van der Waals surface area contributed by atoms with Crippen molar-refractivity contribution in [3.8, 4) is 5.75 Å². The molecule has 6 heteroatoms. The van der Waals surface area contributed by atoms with Gasteiger partial charge in [0.05, 0.1) is 10.0 Å². The number of ketones is 1. The van der Waals surface area contributed by atoms with Crippen LogP contribution in [0, 0.1) is 0 Å². The zero-order valence-corrected chi connectivity index (χ0v) is 13.3. The lowest BCUT2D eigenvalue weighted by atomic mass is 10.1. The van der Waals surface area contributed by atoms with E-state index in [1.165, 1.54) is 18.2 Å².